The van der Waals surface area contributed by atoms with Crippen molar-refractivity contribution in [2.45, 2.75) is 37.2 Å². The molecule has 1 heterocycles. The van der Waals surface area contributed by atoms with Crippen molar-refractivity contribution in [3.63, 3.8) is 0 Å². The number of ether oxygens (including phenoxy) is 2. The van der Waals surface area contributed by atoms with Crippen molar-refractivity contribution in [2.75, 3.05) is 14.2 Å². The number of nitrogens with zero attached hydrogens (tertiary/aromatic N) is 3. The van der Waals surface area contributed by atoms with Gasteiger partial charge in [-0.3, -0.25) is 9.36 Å². The third-order valence-electron chi connectivity index (χ3n) is 5.84. The van der Waals surface area contributed by atoms with Crippen LogP contribution >= 0.6 is 11.8 Å². The SMILES string of the molecule is CCC(C)NC(=O)c1cccc(CSc2nnc(-c3cccc(OC)c3)n2-c2ccc(OC)cc2)c1. The summed E-state index contributed by atoms with van der Waals surface area (Å²) in [4.78, 5) is 12.6. The molecule has 0 aliphatic carbocycles. The molecule has 0 spiro atoms. The first-order valence-corrected chi connectivity index (χ1v) is 12.8. The minimum Gasteiger partial charge on any atom is -0.497 e. The Balaban J connectivity index is 1.64. The van der Waals surface area contributed by atoms with Crippen molar-refractivity contribution in [1.29, 1.82) is 0 Å². The second-order valence-electron chi connectivity index (χ2n) is 8.34. The van der Waals surface area contributed by atoms with Crippen LogP contribution in [0.1, 0.15) is 36.2 Å². The van der Waals surface area contributed by atoms with E-state index in [0.29, 0.717) is 17.1 Å². The zero-order valence-corrected chi connectivity index (χ0v) is 21.7. The molecule has 4 rings (SSSR count). The highest BCUT2D eigenvalue weighted by atomic mass is 32.2. The van der Waals surface area contributed by atoms with Crippen molar-refractivity contribution in [1.82, 2.24) is 20.1 Å². The van der Waals surface area contributed by atoms with Gasteiger partial charge in [0.15, 0.2) is 11.0 Å². The number of carbonyl (C=O) groups excluding carboxylic acids is 1. The Bertz CT molecular complexity index is 1320. The molecule has 0 bridgehead atoms. The number of hydrogen-bond donors (Lipinski definition) is 1. The average molecular weight is 503 g/mol. The molecule has 3 aromatic carbocycles. The molecule has 0 aliphatic rings. The lowest BCUT2D eigenvalue weighted by Gasteiger charge is -2.13. The zero-order valence-electron chi connectivity index (χ0n) is 20.9. The van der Waals surface area contributed by atoms with E-state index in [9.17, 15) is 4.79 Å². The van der Waals surface area contributed by atoms with Crippen LogP contribution in [0.4, 0.5) is 0 Å². The van der Waals surface area contributed by atoms with Gasteiger partial charge in [-0.05, 0) is 67.4 Å². The summed E-state index contributed by atoms with van der Waals surface area (Å²) in [7, 11) is 3.29. The molecule has 0 radical (unpaired) electrons. The Kier molecular flexibility index (Phi) is 8.28. The molecule has 8 heteroatoms. The zero-order chi connectivity index (χ0) is 25.5. The van der Waals surface area contributed by atoms with Crippen LogP contribution in [0.15, 0.2) is 78.0 Å². The Morgan fingerprint density at radius 3 is 2.44 bits per heavy atom. The molecule has 0 saturated heterocycles. The minimum absolute atomic E-state index is 0.0575. The van der Waals surface area contributed by atoms with Gasteiger partial charge in [0.2, 0.25) is 0 Å². The fourth-order valence-corrected chi connectivity index (χ4v) is 4.53. The van der Waals surface area contributed by atoms with Gasteiger partial charge in [-0.15, -0.1) is 10.2 Å². The van der Waals surface area contributed by atoms with Crippen molar-refractivity contribution < 1.29 is 14.3 Å². The lowest BCUT2D eigenvalue weighted by atomic mass is 10.1. The van der Waals surface area contributed by atoms with Crippen molar-refractivity contribution in [2.24, 2.45) is 0 Å². The molecule has 36 heavy (non-hydrogen) atoms. The van der Waals surface area contributed by atoms with Gasteiger partial charge >= 0.3 is 0 Å². The maximum atomic E-state index is 12.6. The Morgan fingerprint density at radius 2 is 1.72 bits per heavy atom. The number of amides is 1. The summed E-state index contributed by atoms with van der Waals surface area (Å²) in [6, 6.07) is 23.4. The van der Waals surface area contributed by atoms with Gasteiger partial charge in [0.1, 0.15) is 11.5 Å². The van der Waals surface area contributed by atoms with Gasteiger partial charge in [0, 0.05) is 28.6 Å². The molecule has 0 aliphatic heterocycles. The molecule has 1 unspecified atom stereocenters. The Labute approximate surface area is 215 Å². The minimum atomic E-state index is -0.0575. The van der Waals surface area contributed by atoms with Gasteiger partial charge in [0.25, 0.3) is 5.91 Å². The van der Waals surface area contributed by atoms with Crippen LogP contribution in [-0.2, 0) is 5.75 Å². The van der Waals surface area contributed by atoms with Crippen LogP contribution in [0.3, 0.4) is 0 Å². The van der Waals surface area contributed by atoms with Crippen LogP contribution in [0.5, 0.6) is 11.5 Å². The van der Waals surface area contributed by atoms with E-state index in [4.69, 9.17) is 9.47 Å². The molecule has 1 amide bonds. The quantitative estimate of drug-likeness (QED) is 0.277. The van der Waals surface area contributed by atoms with E-state index in [1.54, 1.807) is 26.0 Å². The summed E-state index contributed by atoms with van der Waals surface area (Å²) in [5, 5.41) is 12.8. The molecule has 7 nitrogen and oxygen atoms in total. The van der Waals surface area contributed by atoms with E-state index in [0.717, 1.165) is 39.9 Å². The van der Waals surface area contributed by atoms with Gasteiger partial charge in [0.05, 0.1) is 14.2 Å². The van der Waals surface area contributed by atoms with E-state index >= 15 is 0 Å². The highest BCUT2D eigenvalue weighted by molar-refractivity contribution is 7.98. The molecular weight excluding hydrogens is 472 g/mol. The summed E-state index contributed by atoms with van der Waals surface area (Å²) >= 11 is 1.56. The molecule has 1 aromatic heterocycles. The molecule has 186 valence electrons. The summed E-state index contributed by atoms with van der Waals surface area (Å²) in [6.07, 6.45) is 0.887. The first kappa shape index (κ1) is 25.3. The van der Waals surface area contributed by atoms with E-state index in [2.05, 4.69) is 22.4 Å². The maximum absolute atomic E-state index is 12.6. The van der Waals surface area contributed by atoms with Crippen molar-refractivity contribution in [3.8, 4) is 28.6 Å². The van der Waals surface area contributed by atoms with E-state index in [1.165, 1.54) is 0 Å². The van der Waals surface area contributed by atoms with E-state index < -0.39 is 0 Å². The van der Waals surface area contributed by atoms with Crippen LogP contribution in [0, 0.1) is 0 Å². The van der Waals surface area contributed by atoms with Gasteiger partial charge in [-0.1, -0.05) is 43.0 Å². The average Bonchev–Trinajstić information content (AvgIpc) is 3.36. The number of rotatable bonds is 10. The van der Waals surface area contributed by atoms with Crippen molar-refractivity contribution >= 4 is 17.7 Å². The highest BCUT2D eigenvalue weighted by Gasteiger charge is 2.17. The number of methoxy groups -OCH3 is 2. The first-order valence-electron chi connectivity index (χ1n) is 11.8. The van der Waals surface area contributed by atoms with E-state index in [1.807, 2.05) is 84.3 Å². The summed E-state index contributed by atoms with van der Waals surface area (Å²) in [5.41, 5.74) is 3.50. The summed E-state index contributed by atoms with van der Waals surface area (Å²) in [6.45, 7) is 4.06. The second kappa shape index (κ2) is 11.8. The largest absolute Gasteiger partial charge is 0.497 e. The fourth-order valence-electron chi connectivity index (χ4n) is 3.64. The predicted molar refractivity (Wildman–Crippen MR) is 143 cm³/mol. The molecule has 4 aromatic rings. The molecule has 0 saturated carbocycles. The van der Waals surface area contributed by atoms with Gasteiger partial charge < -0.3 is 14.8 Å². The number of nitrogens with one attached hydrogen (secondary N) is 1. The topological polar surface area (TPSA) is 78.3 Å². The number of hydrogen-bond acceptors (Lipinski definition) is 6. The summed E-state index contributed by atoms with van der Waals surface area (Å²) in [5.74, 6) is 2.81. The van der Waals surface area contributed by atoms with Gasteiger partial charge in [-0.2, -0.15) is 0 Å². The molecule has 1 N–H and O–H groups in total. The Morgan fingerprint density at radius 1 is 0.972 bits per heavy atom. The standard InChI is InChI=1S/C28H30N4O3S/c1-5-19(2)29-27(33)22-10-6-8-20(16-22)18-36-28-31-30-26(21-9-7-11-25(17-21)35-4)32(28)23-12-14-24(34-3)15-13-23/h6-17,19H,5,18H2,1-4H3,(H,29,33). The van der Waals surface area contributed by atoms with Crippen LogP contribution in [0.25, 0.3) is 17.1 Å². The number of benzene rings is 3. The lowest BCUT2D eigenvalue weighted by Crippen LogP contribution is -2.31. The highest BCUT2D eigenvalue weighted by Crippen LogP contribution is 2.32. The molecule has 0 fully saturated rings. The van der Waals surface area contributed by atoms with Crippen LogP contribution in [-0.4, -0.2) is 40.9 Å². The molecule has 1 atom stereocenters. The third-order valence-corrected chi connectivity index (χ3v) is 6.84. The second-order valence-corrected chi connectivity index (χ2v) is 9.29. The first-order chi connectivity index (χ1) is 17.5. The third kappa shape index (κ3) is 5.88. The van der Waals surface area contributed by atoms with E-state index in [-0.39, 0.29) is 11.9 Å². The smallest absolute Gasteiger partial charge is 0.251 e. The Hall–Kier alpha value is -3.78. The van der Waals surface area contributed by atoms with Crippen molar-refractivity contribution in [3.05, 3.63) is 83.9 Å². The fraction of sp³-hybridized carbons (Fsp3) is 0.250. The normalized spacial score (nSPS) is 11.7. The predicted octanol–water partition coefficient (Wildman–Crippen LogP) is 5.77. The summed E-state index contributed by atoms with van der Waals surface area (Å²) < 4.78 is 12.8. The maximum Gasteiger partial charge on any atom is 0.251 e. The van der Waals surface area contributed by atoms with Gasteiger partial charge in [-0.25, -0.2) is 0 Å². The molecular formula is C28H30N4O3S. The number of carbonyl (C=O) groups is 1. The number of aromatic nitrogens is 3. The van der Waals surface area contributed by atoms with Crippen LogP contribution in [0.2, 0.25) is 0 Å². The van der Waals surface area contributed by atoms with Crippen LogP contribution < -0.4 is 14.8 Å². The number of thioether (sulfide) groups is 1. The lowest BCUT2D eigenvalue weighted by molar-refractivity contribution is 0.0939. The monoisotopic (exact) mass is 502 g/mol.